The SMILES string of the molecule is CN=C(NCCCCCCC(=O)OC)NC1CCCC1. The summed E-state index contributed by atoms with van der Waals surface area (Å²) in [5.74, 6) is 0.816. The number of nitrogens with zero attached hydrogens (tertiary/aromatic N) is 1. The van der Waals surface area contributed by atoms with E-state index in [0.29, 0.717) is 12.5 Å². The molecule has 0 unspecified atom stereocenters. The number of esters is 1. The van der Waals surface area contributed by atoms with Crippen LogP contribution in [0.5, 0.6) is 0 Å². The molecule has 20 heavy (non-hydrogen) atoms. The summed E-state index contributed by atoms with van der Waals surface area (Å²) in [5.41, 5.74) is 0. The molecule has 1 aliphatic carbocycles. The van der Waals surface area contributed by atoms with Crippen LogP contribution in [-0.4, -0.2) is 38.7 Å². The van der Waals surface area contributed by atoms with Gasteiger partial charge in [-0.05, 0) is 25.7 Å². The molecular formula is C15H29N3O2. The highest BCUT2D eigenvalue weighted by Crippen LogP contribution is 2.17. The van der Waals surface area contributed by atoms with E-state index in [0.717, 1.165) is 38.2 Å². The maximum atomic E-state index is 10.9. The Bertz CT molecular complexity index is 299. The lowest BCUT2D eigenvalue weighted by molar-refractivity contribution is -0.140. The van der Waals surface area contributed by atoms with Crippen molar-refractivity contribution >= 4 is 11.9 Å². The van der Waals surface area contributed by atoms with Gasteiger partial charge in [-0.1, -0.05) is 25.7 Å². The lowest BCUT2D eigenvalue weighted by Gasteiger charge is -2.16. The second-order valence-electron chi connectivity index (χ2n) is 5.37. The van der Waals surface area contributed by atoms with Gasteiger partial charge in [0, 0.05) is 26.1 Å². The zero-order valence-electron chi connectivity index (χ0n) is 12.9. The number of hydrogen-bond donors (Lipinski definition) is 2. The summed E-state index contributed by atoms with van der Waals surface area (Å²) >= 11 is 0. The van der Waals surface area contributed by atoms with Gasteiger partial charge >= 0.3 is 5.97 Å². The summed E-state index contributed by atoms with van der Waals surface area (Å²) in [6.45, 7) is 0.935. The third-order valence-electron chi connectivity index (χ3n) is 3.75. The minimum absolute atomic E-state index is 0.107. The van der Waals surface area contributed by atoms with E-state index in [1.165, 1.54) is 32.8 Å². The Hall–Kier alpha value is -1.26. The van der Waals surface area contributed by atoms with Gasteiger partial charge in [0.25, 0.3) is 0 Å². The van der Waals surface area contributed by atoms with Crippen LogP contribution in [0.1, 0.15) is 57.8 Å². The number of methoxy groups -OCH3 is 1. The standard InChI is InChI=1S/C15H29N3O2/c1-16-15(18-13-9-6-7-10-13)17-12-8-4-3-5-11-14(19)20-2/h13H,3-12H2,1-2H3,(H2,16,17,18). The van der Waals surface area contributed by atoms with Gasteiger partial charge in [-0.2, -0.15) is 0 Å². The van der Waals surface area contributed by atoms with Crippen molar-refractivity contribution in [2.75, 3.05) is 20.7 Å². The largest absolute Gasteiger partial charge is 0.469 e. The van der Waals surface area contributed by atoms with E-state index in [1.54, 1.807) is 0 Å². The molecule has 0 radical (unpaired) electrons. The van der Waals surface area contributed by atoms with E-state index in [1.807, 2.05) is 7.05 Å². The number of aliphatic imine (C=N–C) groups is 1. The number of rotatable bonds is 8. The van der Waals surface area contributed by atoms with Crippen molar-refractivity contribution in [2.24, 2.45) is 4.99 Å². The Morgan fingerprint density at radius 2 is 1.90 bits per heavy atom. The van der Waals surface area contributed by atoms with Gasteiger partial charge in [-0.3, -0.25) is 9.79 Å². The fourth-order valence-corrected chi connectivity index (χ4v) is 2.51. The second-order valence-corrected chi connectivity index (χ2v) is 5.37. The van der Waals surface area contributed by atoms with Crippen LogP contribution in [-0.2, 0) is 9.53 Å². The molecule has 0 atom stereocenters. The van der Waals surface area contributed by atoms with Crippen molar-refractivity contribution in [2.45, 2.75) is 63.8 Å². The smallest absolute Gasteiger partial charge is 0.305 e. The molecule has 0 heterocycles. The van der Waals surface area contributed by atoms with E-state index in [2.05, 4.69) is 20.4 Å². The summed E-state index contributed by atoms with van der Waals surface area (Å²) < 4.78 is 4.61. The van der Waals surface area contributed by atoms with E-state index in [4.69, 9.17) is 0 Å². The second kappa shape index (κ2) is 10.5. The lowest BCUT2D eigenvalue weighted by Crippen LogP contribution is -2.42. The van der Waals surface area contributed by atoms with Crippen LogP contribution in [0.25, 0.3) is 0 Å². The number of carbonyl (C=O) groups excluding carboxylic acids is 1. The van der Waals surface area contributed by atoms with Crippen molar-refractivity contribution in [1.82, 2.24) is 10.6 Å². The Morgan fingerprint density at radius 1 is 1.20 bits per heavy atom. The molecule has 2 N–H and O–H groups in total. The number of unbranched alkanes of at least 4 members (excludes halogenated alkanes) is 3. The normalized spacial score (nSPS) is 16.2. The quantitative estimate of drug-likeness (QED) is 0.310. The molecule has 1 rings (SSSR count). The first-order valence-electron chi connectivity index (χ1n) is 7.80. The summed E-state index contributed by atoms with van der Waals surface area (Å²) in [6, 6.07) is 0.598. The minimum Gasteiger partial charge on any atom is -0.469 e. The topological polar surface area (TPSA) is 62.7 Å². The van der Waals surface area contributed by atoms with Crippen LogP contribution in [0.15, 0.2) is 4.99 Å². The summed E-state index contributed by atoms with van der Waals surface area (Å²) in [6.07, 6.45) is 9.94. The molecule has 0 aromatic rings. The van der Waals surface area contributed by atoms with Crippen molar-refractivity contribution in [3.63, 3.8) is 0 Å². The molecule has 1 saturated carbocycles. The van der Waals surface area contributed by atoms with E-state index < -0.39 is 0 Å². The van der Waals surface area contributed by atoms with Crippen molar-refractivity contribution in [3.8, 4) is 0 Å². The number of carbonyl (C=O) groups is 1. The summed E-state index contributed by atoms with van der Waals surface area (Å²) in [5, 5.41) is 6.82. The molecular weight excluding hydrogens is 254 g/mol. The van der Waals surface area contributed by atoms with Gasteiger partial charge in [0.2, 0.25) is 0 Å². The minimum atomic E-state index is -0.107. The number of ether oxygens (including phenoxy) is 1. The van der Waals surface area contributed by atoms with E-state index in [-0.39, 0.29) is 5.97 Å². The molecule has 5 heteroatoms. The highest BCUT2D eigenvalue weighted by molar-refractivity contribution is 5.79. The summed E-state index contributed by atoms with van der Waals surface area (Å²) in [4.78, 5) is 15.2. The maximum Gasteiger partial charge on any atom is 0.305 e. The van der Waals surface area contributed by atoms with E-state index >= 15 is 0 Å². The molecule has 1 aliphatic rings. The predicted octanol–water partition coefficient (Wildman–Crippen LogP) is 2.22. The monoisotopic (exact) mass is 283 g/mol. The number of hydrogen-bond acceptors (Lipinski definition) is 3. The molecule has 5 nitrogen and oxygen atoms in total. The summed E-state index contributed by atoms with van der Waals surface area (Å²) in [7, 11) is 3.26. The highest BCUT2D eigenvalue weighted by Gasteiger charge is 2.15. The molecule has 116 valence electrons. The first kappa shape index (κ1) is 16.8. The molecule has 0 saturated heterocycles. The maximum absolute atomic E-state index is 10.9. The number of guanidine groups is 1. The van der Waals surface area contributed by atoms with Crippen LogP contribution >= 0.6 is 0 Å². The fourth-order valence-electron chi connectivity index (χ4n) is 2.51. The average molecular weight is 283 g/mol. The molecule has 0 aromatic heterocycles. The van der Waals surface area contributed by atoms with Crippen molar-refractivity contribution in [1.29, 1.82) is 0 Å². The molecule has 0 amide bonds. The van der Waals surface area contributed by atoms with Crippen LogP contribution in [0.2, 0.25) is 0 Å². The number of nitrogens with one attached hydrogen (secondary N) is 2. The molecule has 0 aromatic carbocycles. The van der Waals surface area contributed by atoms with Gasteiger partial charge in [-0.15, -0.1) is 0 Å². The van der Waals surface area contributed by atoms with Gasteiger partial charge in [0.05, 0.1) is 7.11 Å². The van der Waals surface area contributed by atoms with Crippen LogP contribution in [0.3, 0.4) is 0 Å². The first-order chi connectivity index (χ1) is 9.76. The third kappa shape index (κ3) is 7.36. The first-order valence-corrected chi connectivity index (χ1v) is 7.80. The highest BCUT2D eigenvalue weighted by atomic mass is 16.5. The Labute approximate surface area is 122 Å². The Morgan fingerprint density at radius 3 is 2.55 bits per heavy atom. The molecule has 0 spiro atoms. The molecule has 0 aliphatic heterocycles. The van der Waals surface area contributed by atoms with E-state index in [9.17, 15) is 4.79 Å². The molecule has 0 bridgehead atoms. The lowest BCUT2D eigenvalue weighted by atomic mass is 10.1. The van der Waals surface area contributed by atoms with Gasteiger partial charge in [0.1, 0.15) is 0 Å². The van der Waals surface area contributed by atoms with Gasteiger partial charge < -0.3 is 15.4 Å². The average Bonchev–Trinajstić information content (AvgIpc) is 2.97. The van der Waals surface area contributed by atoms with Gasteiger partial charge in [0.15, 0.2) is 5.96 Å². The zero-order valence-corrected chi connectivity index (χ0v) is 12.9. The van der Waals surface area contributed by atoms with Crippen molar-refractivity contribution < 1.29 is 9.53 Å². The third-order valence-corrected chi connectivity index (χ3v) is 3.75. The zero-order chi connectivity index (χ0) is 14.6. The van der Waals surface area contributed by atoms with Gasteiger partial charge in [-0.25, -0.2) is 0 Å². The van der Waals surface area contributed by atoms with Crippen LogP contribution in [0, 0.1) is 0 Å². The fraction of sp³-hybridized carbons (Fsp3) is 0.867. The molecule has 1 fully saturated rings. The van der Waals surface area contributed by atoms with Crippen molar-refractivity contribution in [3.05, 3.63) is 0 Å². The van der Waals surface area contributed by atoms with Crippen LogP contribution in [0.4, 0.5) is 0 Å². The predicted molar refractivity (Wildman–Crippen MR) is 81.9 cm³/mol. The Kier molecular flexibility index (Phi) is 8.83. The van der Waals surface area contributed by atoms with Crippen LogP contribution < -0.4 is 10.6 Å². The Balaban J connectivity index is 1.97.